The quantitative estimate of drug-likeness (QED) is 0.771. The van der Waals surface area contributed by atoms with Crippen LogP contribution in [0, 0.1) is 5.82 Å². The number of benzene rings is 2. The number of amides is 1. The minimum atomic E-state index is -0.572. The van der Waals surface area contributed by atoms with Crippen LogP contribution in [0.5, 0.6) is 5.75 Å². The van der Waals surface area contributed by atoms with Gasteiger partial charge in [0.1, 0.15) is 11.6 Å². The molecule has 0 atom stereocenters. The summed E-state index contributed by atoms with van der Waals surface area (Å²) in [7, 11) is 1.44. The highest BCUT2D eigenvalue weighted by atomic mass is 19.1. The van der Waals surface area contributed by atoms with Gasteiger partial charge in [-0.05, 0) is 35.0 Å². The summed E-state index contributed by atoms with van der Waals surface area (Å²) in [5, 5.41) is 12.9. The van der Waals surface area contributed by atoms with Crippen molar-refractivity contribution >= 4 is 16.7 Å². The maximum atomic E-state index is 13.5. The minimum Gasteiger partial charge on any atom is -0.508 e. The molecule has 1 amide bonds. The first-order valence-corrected chi connectivity index (χ1v) is 4.76. The second kappa shape index (κ2) is 3.81. The summed E-state index contributed by atoms with van der Waals surface area (Å²) in [6.45, 7) is 0. The molecule has 0 bridgehead atoms. The number of fused-ring (bicyclic) bond motifs is 1. The van der Waals surface area contributed by atoms with Crippen molar-refractivity contribution in [1.29, 1.82) is 0 Å². The molecule has 2 N–H and O–H groups in total. The molecule has 0 unspecified atom stereocenters. The summed E-state index contributed by atoms with van der Waals surface area (Å²) >= 11 is 0. The summed E-state index contributed by atoms with van der Waals surface area (Å²) in [6, 6.07) is 7.26. The minimum absolute atomic E-state index is 0.0272. The molecule has 0 aromatic heterocycles. The van der Waals surface area contributed by atoms with Crippen molar-refractivity contribution in [1.82, 2.24) is 5.32 Å². The highest BCUT2D eigenvalue weighted by molar-refractivity contribution is 5.99. The van der Waals surface area contributed by atoms with Crippen LogP contribution < -0.4 is 5.32 Å². The summed E-state index contributed by atoms with van der Waals surface area (Å²) in [5.74, 6) is -0.970. The molecule has 0 fully saturated rings. The van der Waals surface area contributed by atoms with E-state index in [9.17, 15) is 14.3 Å². The van der Waals surface area contributed by atoms with Crippen LogP contribution in [0.15, 0.2) is 30.3 Å². The van der Waals surface area contributed by atoms with Crippen LogP contribution in [0.3, 0.4) is 0 Å². The molecular weight excluding hydrogens is 209 g/mol. The number of phenols is 1. The molecule has 0 radical (unpaired) electrons. The molecule has 0 aliphatic carbocycles. The first-order valence-electron chi connectivity index (χ1n) is 4.76. The van der Waals surface area contributed by atoms with E-state index in [1.807, 2.05) is 0 Å². The second-order valence-electron chi connectivity index (χ2n) is 3.44. The number of carbonyl (C=O) groups is 1. The Labute approximate surface area is 91.5 Å². The van der Waals surface area contributed by atoms with E-state index in [2.05, 4.69) is 5.32 Å². The lowest BCUT2D eigenvalue weighted by molar-refractivity contribution is 0.0959. The van der Waals surface area contributed by atoms with Crippen molar-refractivity contribution < 1.29 is 14.3 Å². The van der Waals surface area contributed by atoms with Gasteiger partial charge < -0.3 is 10.4 Å². The molecule has 2 rings (SSSR count). The summed E-state index contributed by atoms with van der Waals surface area (Å²) in [5.41, 5.74) is -0.0272. The number of carbonyl (C=O) groups excluding carboxylic acids is 1. The summed E-state index contributed by atoms with van der Waals surface area (Å²) in [6.07, 6.45) is 0. The van der Waals surface area contributed by atoms with E-state index in [0.717, 1.165) is 0 Å². The smallest absolute Gasteiger partial charge is 0.254 e. The third kappa shape index (κ3) is 1.69. The van der Waals surface area contributed by atoms with Crippen LogP contribution in [0.1, 0.15) is 10.4 Å². The van der Waals surface area contributed by atoms with Crippen LogP contribution in [-0.4, -0.2) is 18.1 Å². The molecule has 82 valence electrons. The van der Waals surface area contributed by atoms with Gasteiger partial charge in [0.05, 0.1) is 5.56 Å². The lowest BCUT2D eigenvalue weighted by atomic mass is 10.1. The van der Waals surface area contributed by atoms with E-state index in [-0.39, 0.29) is 11.3 Å². The Morgan fingerprint density at radius 3 is 2.69 bits per heavy atom. The number of phenolic OH excluding ortho intramolecular Hbond substituents is 1. The standard InChI is InChI=1S/C12H10FNO2/c1-14-12(16)10-5-8-4-9(15)3-2-7(8)6-11(10)13/h2-6,15H,1H3,(H,14,16). The van der Waals surface area contributed by atoms with Crippen LogP contribution in [0.25, 0.3) is 10.8 Å². The van der Waals surface area contributed by atoms with Gasteiger partial charge in [0, 0.05) is 7.05 Å². The zero-order valence-electron chi connectivity index (χ0n) is 8.62. The SMILES string of the molecule is CNC(=O)c1cc2cc(O)ccc2cc1F. The fourth-order valence-electron chi connectivity index (χ4n) is 1.57. The average Bonchev–Trinajstić information content (AvgIpc) is 2.28. The van der Waals surface area contributed by atoms with Crippen molar-refractivity contribution in [3.8, 4) is 5.75 Å². The number of nitrogens with one attached hydrogen (secondary N) is 1. The topological polar surface area (TPSA) is 49.3 Å². The molecule has 0 aliphatic heterocycles. The van der Waals surface area contributed by atoms with Crippen LogP contribution >= 0.6 is 0 Å². The van der Waals surface area contributed by atoms with Crippen LogP contribution in [-0.2, 0) is 0 Å². The molecule has 0 spiro atoms. The van der Waals surface area contributed by atoms with Gasteiger partial charge in [0.25, 0.3) is 5.91 Å². The second-order valence-corrected chi connectivity index (χ2v) is 3.44. The molecule has 16 heavy (non-hydrogen) atoms. The molecule has 0 aliphatic rings. The normalized spacial score (nSPS) is 10.4. The third-order valence-electron chi connectivity index (χ3n) is 2.38. The Morgan fingerprint density at radius 1 is 1.25 bits per heavy atom. The Morgan fingerprint density at radius 2 is 2.00 bits per heavy atom. The van der Waals surface area contributed by atoms with Crippen molar-refractivity contribution in [2.75, 3.05) is 7.05 Å². The van der Waals surface area contributed by atoms with E-state index in [4.69, 9.17) is 0 Å². The zero-order valence-corrected chi connectivity index (χ0v) is 8.62. The number of aromatic hydroxyl groups is 1. The van der Waals surface area contributed by atoms with Crippen LogP contribution in [0.2, 0.25) is 0 Å². The van der Waals surface area contributed by atoms with Crippen molar-refractivity contribution in [2.45, 2.75) is 0 Å². The fourth-order valence-corrected chi connectivity index (χ4v) is 1.57. The number of hydrogen-bond donors (Lipinski definition) is 2. The van der Waals surface area contributed by atoms with E-state index >= 15 is 0 Å². The molecule has 4 heteroatoms. The van der Waals surface area contributed by atoms with E-state index in [0.29, 0.717) is 10.8 Å². The van der Waals surface area contributed by atoms with Gasteiger partial charge in [-0.15, -0.1) is 0 Å². The third-order valence-corrected chi connectivity index (χ3v) is 2.38. The first-order chi connectivity index (χ1) is 7.61. The van der Waals surface area contributed by atoms with Gasteiger partial charge in [0.15, 0.2) is 0 Å². The highest BCUT2D eigenvalue weighted by Gasteiger charge is 2.11. The first kappa shape index (κ1) is 10.4. The molecule has 2 aromatic carbocycles. The van der Waals surface area contributed by atoms with Crippen molar-refractivity contribution in [3.05, 3.63) is 41.7 Å². The monoisotopic (exact) mass is 219 g/mol. The molecule has 0 heterocycles. The predicted octanol–water partition coefficient (Wildman–Crippen LogP) is 2.04. The molecule has 0 saturated carbocycles. The van der Waals surface area contributed by atoms with E-state index in [1.54, 1.807) is 6.07 Å². The van der Waals surface area contributed by atoms with Gasteiger partial charge >= 0.3 is 0 Å². The predicted molar refractivity (Wildman–Crippen MR) is 59.0 cm³/mol. The average molecular weight is 219 g/mol. The van der Waals surface area contributed by atoms with E-state index in [1.165, 1.54) is 31.3 Å². The van der Waals surface area contributed by atoms with Crippen LogP contribution in [0.4, 0.5) is 4.39 Å². The number of rotatable bonds is 1. The Balaban J connectivity index is 2.68. The van der Waals surface area contributed by atoms with Gasteiger partial charge in [-0.1, -0.05) is 6.07 Å². The van der Waals surface area contributed by atoms with Gasteiger partial charge in [-0.3, -0.25) is 4.79 Å². The van der Waals surface area contributed by atoms with Gasteiger partial charge in [0.2, 0.25) is 0 Å². The molecule has 0 saturated heterocycles. The molecule has 3 nitrogen and oxygen atoms in total. The molecular formula is C12H10FNO2. The van der Waals surface area contributed by atoms with Crippen molar-refractivity contribution in [3.63, 3.8) is 0 Å². The van der Waals surface area contributed by atoms with Gasteiger partial charge in [-0.2, -0.15) is 0 Å². The fraction of sp³-hybridized carbons (Fsp3) is 0.0833. The Hall–Kier alpha value is -2.10. The lowest BCUT2D eigenvalue weighted by Gasteiger charge is -2.05. The Kier molecular flexibility index (Phi) is 2.48. The molecule has 2 aromatic rings. The van der Waals surface area contributed by atoms with Gasteiger partial charge in [-0.25, -0.2) is 4.39 Å². The summed E-state index contributed by atoms with van der Waals surface area (Å²) in [4.78, 5) is 11.3. The zero-order chi connectivity index (χ0) is 11.7. The lowest BCUT2D eigenvalue weighted by Crippen LogP contribution is -2.19. The number of hydrogen-bond acceptors (Lipinski definition) is 2. The summed E-state index contributed by atoms with van der Waals surface area (Å²) < 4.78 is 13.5. The Bertz CT molecular complexity index is 566. The van der Waals surface area contributed by atoms with E-state index < -0.39 is 11.7 Å². The largest absolute Gasteiger partial charge is 0.508 e. The maximum Gasteiger partial charge on any atom is 0.254 e. The maximum absolute atomic E-state index is 13.5. The highest BCUT2D eigenvalue weighted by Crippen LogP contribution is 2.23. The van der Waals surface area contributed by atoms with Crippen molar-refractivity contribution in [2.24, 2.45) is 0 Å². The number of halogens is 1.